The van der Waals surface area contributed by atoms with E-state index in [4.69, 9.17) is 0 Å². The van der Waals surface area contributed by atoms with Gasteiger partial charge in [0, 0.05) is 42.4 Å². The van der Waals surface area contributed by atoms with E-state index in [1.807, 2.05) is 6.92 Å². The van der Waals surface area contributed by atoms with Crippen LogP contribution in [0, 0.1) is 5.92 Å². The summed E-state index contributed by atoms with van der Waals surface area (Å²) in [6.45, 7) is 1.45. The summed E-state index contributed by atoms with van der Waals surface area (Å²) >= 11 is -1.31. The molecule has 4 heterocycles. The summed E-state index contributed by atoms with van der Waals surface area (Å²) in [6, 6.07) is 3.81. The Balaban J connectivity index is 1.68. The third-order valence-electron chi connectivity index (χ3n) is 5.50. The maximum atomic E-state index is 14.5. The van der Waals surface area contributed by atoms with Crippen molar-refractivity contribution in [3.63, 3.8) is 0 Å². The molecule has 13 heteroatoms. The third-order valence-corrected chi connectivity index (χ3v) is 6.07. The number of halogens is 4. The molecule has 3 aromatic heterocycles. The molecule has 172 valence electrons. The van der Waals surface area contributed by atoms with E-state index in [-0.39, 0.29) is 24.8 Å². The summed E-state index contributed by atoms with van der Waals surface area (Å²) in [4.78, 5) is 14.0. The first-order valence-electron chi connectivity index (χ1n) is 9.81. The molecule has 8 nitrogen and oxygen atoms in total. The number of piperidine rings is 1. The van der Waals surface area contributed by atoms with Crippen molar-refractivity contribution in [1.29, 1.82) is 0 Å². The van der Waals surface area contributed by atoms with E-state index in [0.29, 0.717) is 17.0 Å². The number of aromatic nitrogens is 5. The van der Waals surface area contributed by atoms with E-state index < -0.39 is 41.9 Å². The van der Waals surface area contributed by atoms with Gasteiger partial charge in [0.05, 0.1) is 18.4 Å². The van der Waals surface area contributed by atoms with Gasteiger partial charge in [0.25, 0.3) is 12.3 Å². The zero-order valence-electron chi connectivity index (χ0n) is 17.3. The number of rotatable bonds is 6. The number of anilines is 1. The van der Waals surface area contributed by atoms with Gasteiger partial charge >= 0.3 is 0 Å². The molecule has 1 fully saturated rings. The van der Waals surface area contributed by atoms with Crippen LogP contribution in [0.2, 0.25) is 0 Å². The number of imidazole rings is 1. The van der Waals surface area contributed by atoms with Crippen molar-refractivity contribution >= 4 is 22.8 Å². The number of hydrogen-bond donors (Lipinski definition) is 1. The van der Waals surface area contributed by atoms with Crippen molar-refractivity contribution in [3.05, 3.63) is 36.4 Å². The lowest BCUT2D eigenvalue weighted by Gasteiger charge is -2.43. The highest BCUT2D eigenvalue weighted by atomic mass is 32.2. The standard InChI is InChI=1S/C19H21F4N7OS/c1-11-12(7-27-32(2)31)6-19(22,23)9-29(11)17-5-14(25-10-26-17)15-8-24-16-4-3-13(18(20)21)28-30(15)16/h3-5,8,10-12,18,27H,6-7,9H2,1-2H3. The fourth-order valence-electron chi connectivity index (χ4n) is 3.85. The Hall–Kier alpha value is -2.51. The van der Waals surface area contributed by atoms with E-state index in [1.165, 1.54) is 46.4 Å². The predicted octanol–water partition coefficient (Wildman–Crippen LogP) is 2.86. The molecule has 0 spiro atoms. The highest BCUT2D eigenvalue weighted by Gasteiger charge is 2.45. The van der Waals surface area contributed by atoms with Crippen molar-refractivity contribution in [1.82, 2.24) is 29.3 Å². The molecule has 0 aromatic carbocycles. The second-order valence-corrected chi connectivity index (χ2v) is 8.92. The SMILES string of the molecule is CC1C(CN[S+](C)[O-])CC(F)(F)CN1c1cc(-c2cnc3ccc(C(F)F)nn23)ncn1. The molecule has 32 heavy (non-hydrogen) atoms. The molecule has 0 aliphatic carbocycles. The molecule has 1 saturated heterocycles. The Morgan fingerprint density at radius 1 is 1.28 bits per heavy atom. The van der Waals surface area contributed by atoms with Gasteiger partial charge in [-0.1, -0.05) is 0 Å². The van der Waals surface area contributed by atoms with E-state index in [2.05, 4.69) is 24.8 Å². The second kappa shape index (κ2) is 8.79. The van der Waals surface area contributed by atoms with Crippen molar-refractivity contribution in [2.24, 2.45) is 5.92 Å². The largest absolute Gasteiger partial charge is 0.598 e. The van der Waals surface area contributed by atoms with Crippen molar-refractivity contribution in [2.75, 3.05) is 24.2 Å². The van der Waals surface area contributed by atoms with Gasteiger partial charge in [-0.15, -0.1) is 4.72 Å². The first kappa shape index (κ1) is 22.7. The maximum absolute atomic E-state index is 14.5. The first-order chi connectivity index (χ1) is 15.1. The summed E-state index contributed by atoms with van der Waals surface area (Å²) < 4.78 is 70.5. The van der Waals surface area contributed by atoms with Gasteiger partial charge in [0.15, 0.2) is 5.65 Å². The highest BCUT2D eigenvalue weighted by molar-refractivity contribution is 7.88. The van der Waals surface area contributed by atoms with Crippen molar-refractivity contribution < 1.29 is 22.1 Å². The monoisotopic (exact) mass is 471 g/mol. The molecule has 1 N–H and O–H groups in total. The quantitative estimate of drug-likeness (QED) is 0.436. The van der Waals surface area contributed by atoms with Crippen LogP contribution in [0.5, 0.6) is 0 Å². The van der Waals surface area contributed by atoms with Crippen LogP contribution in [0.25, 0.3) is 17.0 Å². The number of hydrogen-bond acceptors (Lipinski definition) is 7. The maximum Gasteiger partial charge on any atom is 0.282 e. The average molecular weight is 471 g/mol. The molecule has 4 rings (SSSR count). The summed E-state index contributed by atoms with van der Waals surface area (Å²) in [7, 11) is 0. The Kier molecular flexibility index (Phi) is 6.23. The second-order valence-electron chi connectivity index (χ2n) is 7.73. The number of alkyl halides is 4. The number of fused-ring (bicyclic) bond motifs is 1. The van der Waals surface area contributed by atoms with Crippen LogP contribution in [0.1, 0.15) is 25.5 Å². The molecule has 0 radical (unpaired) electrons. The van der Waals surface area contributed by atoms with E-state index >= 15 is 0 Å². The highest BCUT2D eigenvalue weighted by Crippen LogP contribution is 2.37. The van der Waals surface area contributed by atoms with Crippen LogP contribution in [0.4, 0.5) is 23.4 Å². The lowest BCUT2D eigenvalue weighted by molar-refractivity contribution is -0.0372. The molecular weight excluding hydrogens is 450 g/mol. The smallest absolute Gasteiger partial charge is 0.282 e. The zero-order chi connectivity index (χ0) is 23.0. The summed E-state index contributed by atoms with van der Waals surface area (Å²) in [6.07, 6.45) is 1.02. The van der Waals surface area contributed by atoms with E-state index in [9.17, 15) is 22.1 Å². The van der Waals surface area contributed by atoms with Crippen molar-refractivity contribution in [2.45, 2.75) is 31.7 Å². The Morgan fingerprint density at radius 2 is 2.06 bits per heavy atom. The molecule has 0 bridgehead atoms. The van der Waals surface area contributed by atoms with Crippen LogP contribution < -0.4 is 9.62 Å². The van der Waals surface area contributed by atoms with Gasteiger partial charge in [-0.2, -0.15) is 5.10 Å². The fourth-order valence-corrected chi connectivity index (χ4v) is 4.29. The molecule has 3 atom stereocenters. The van der Waals surface area contributed by atoms with Crippen LogP contribution in [-0.4, -0.2) is 60.4 Å². The number of nitrogens with one attached hydrogen (secondary N) is 1. The molecule has 0 amide bonds. The molecule has 3 unspecified atom stereocenters. The predicted molar refractivity (Wildman–Crippen MR) is 111 cm³/mol. The molecule has 0 saturated carbocycles. The van der Waals surface area contributed by atoms with E-state index in [0.717, 1.165) is 0 Å². The Labute approximate surface area is 184 Å². The third kappa shape index (κ3) is 4.64. The van der Waals surface area contributed by atoms with E-state index in [1.54, 1.807) is 0 Å². The van der Waals surface area contributed by atoms with Gasteiger partial charge < -0.3 is 9.45 Å². The summed E-state index contributed by atoms with van der Waals surface area (Å²) in [5.41, 5.74) is 0.578. The van der Waals surface area contributed by atoms with Gasteiger partial charge in [0.2, 0.25) is 0 Å². The van der Waals surface area contributed by atoms with Crippen LogP contribution in [-0.2, 0) is 11.4 Å². The van der Waals surface area contributed by atoms with Crippen LogP contribution in [0.3, 0.4) is 0 Å². The normalized spacial score (nSPS) is 21.9. The minimum Gasteiger partial charge on any atom is -0.598 e. The fraction of sp³-hybridized carbons (Fsp3) is 0.474. The molecule has 1 aliphatic heterocycles. The average Bonchev–Trinajstić information content (AvgIpc) is 3.17. The lowest BCUT2D eigenvalue weighted by atomic mass is 9.88. The minimum atomic E-state index is -2.96. The molecular formula is C19H21F4N7OS. The molecule has 1 aliphatic rings. The van der Waals surface area contributed by atoms with Gasteiger partial charge in [-0.05, 0) is 19.1 Å². The van der Waals surface area contributed by atoms with Crippen LogP contribution >= 0.6 is 0 Å². The zero-order valence-corrected chi connectivity index (χ0v) is 18.1. The molecule has 3 aromatic rings. The van der Waals surface area contributed by atoms with Gasteiger partial charge in [-0.25, -0.2) is 37.0 Å². The summed E-state index contributed by atoms with van der Waals surface area (Å²) in [5, 5.41) is 3.92. The summed E-state index contributed by atoms with van der Waals surface area (Å²) in [5.74, 6) is -3.16. The first-order valence-corrected chi connectivity index (χ1v) is 11.4. The number of nitrogens with zero attached hydrogens (tertiary/aromatic N) is 6. The van der Waals surface area contributed by atoms with Crippen molar-refractivity contribution in [3.8, 4) is 11.4 Å². The Bertz CT molecular complexity index is 1100. The van der Waals surface area contributed by atoms with Gasteiger partial charge in [-0.3, -0.25) is 0 Å². The van der Waals surface area contributed by atoms with Crippen LogP contribution in [0.15, 0.2) is 30.7 Å². The topological polar surface area (TPSA) is 94.3 Å². The van der Waals surface area contributed by atoms with Gasteiger partial charge in [0.1, 0.15) is 29.8 Å². The Morgan fingerprint density at radius 3 is 2.78 bits per heavy atom. The lowest BCUT2D eigenvalue weighted by Crippen LogP contribution is -2.55. The minimum absolute atomic E-state index is 0.169.